The molecule has 2 aromatic rings. The SMILES string of the molecule is Cc1ccc(CN2C(=O)N(c3ccc(Cl)cc3)C(=O)C2C(C)C(=O)NCCC(=O)NO)cc1. The van der Waals surface area contributed by atoms with Gasteiger partial charge in [0.15, 0.2) is 0 Å². The van der Waals surface area contributed by atoms with Gasteiger partial charge in [-0.25, -0.2) is 15.2 Å². The van der Waals surface area contributed by atoms with E-state index < -0.39 is 35.7 Å². The minimum Gasteiger partial charge on any atom is -0.355 e. The number of imide groups is 1. The third kappa shape index (κ3) is 5.50. The highest BCUT2D eigenvalue weighted by Crippen LogP contribution is 2.31. The van der Waals surface area contributed by atoms with E-state index in [-0.39, 0.29) is 19.5 Å². The van der Waals surface area contributed by atoms with Crippen molar-refractivity contribution >= 4 is 41.0 Å². The first kappa shape index (κ1) is 24.2. The van der Waals surface area contributed by atoms with Gasteiger partial charge < -0.3 is 10.2 Å². The molecule has 174 valence electrons. The molecule has 9 nitrogen and oxygen atoms in total. The molecule has 2 atom stereocenters. The molecule has 1 heterocycles. The van der Waals surface area contributed by atoms with Gasteiger partial charge >= 0.3 is 6.03 Å². The Kier molecular flexibility index (Phi) is 7.67. The van der Waals surface area contributed by atoms with Crippen LogP contribution in [0.4, 0.5) is 10.5 Å². The highest BCUT2D eigenvalue weighted by atomic mass is 35.5. The number of urea groups is 1. The van der Waals surface area contributed by atoms with Gasteiger partial charge in [0.2, 0.25) is 11.8 Å². The molecule has 0 radical (unpaired) electrons. The molecule has 1 aliphatic heterocycles. The Morgan fingerprint density at radius 1 is 1.09 bits per heavy atom. The highest BCUT2D eigenvalue weighted by molar-refractivity contribution is 6.30. The molecule has 2 unspecified atom stereocenters. The summed E-state index contributed by atoms with van der Waals surface area (Å²) in [4.78, 5) is 53.1. The van der Waals surface area contributed by atoms with Gasteiger partial charge in [-0.15, -0.1) is 0 Å². The Morgan fingerprint density at radius 2 is 1.73 bits per heavy atom. The Hall–Kier alpha value is -3.43. The smallest absolute Gasteiger partial charge is 0.332 e. The molecule has 1 saturated heterocycles. The third-order valence-corrected chi connectivity index (χ3v) is 5.72. The zero-order chi connectivity index (χ0) is 24.1. The third-order valence-electron chi connectivity index (χ3n) is 5.47. The zero-order valence-corrected chi connectivity index (χ0v) is 19.0. The molecule has 3 rings (SSSR count). The number of hydroxylamine groups is 1. The number of benzene rings is 2. The molecule has 0 aromatic heterocycles. The molecule has 5 amide bonds. The second-order valence-corrected chi connectivity index (χ2v) is 8.29. The number of anilines is 1. The van der Waals surface area contributed by atoms with E-state index >= 15 is 0 Å². The lowest BCUT2D eigenvalue weighted by atomic mass is 9.98. The van der Waals surface area contributed by atoms with Crippen LogP contribution in [0.5, 0.6) is 0 Å². The van der Waals surface area contributed by atoms with Gasteiger partial charge in [0.05, 0.1) is 11.6 Å². The molecule has 0 bridgehead atoms. The van der Waals surface area contributed by atoms with Crippen molar-refractivity contribution in [2.45, 2.75) is 32.9 Å². The predicted molar refractivity (Wildman–Crippen MR) is 122 cm³/mol. The molecular formula is C23H25ClN4O5. The number of nitrogens with zero attached hydrogens (tertiary/aromatic N) is 2. The Balaban J connectivity index is 1.87. The lowest BCUT2D eigenvalue weighted by Crippen LogP contribution is -2.46. The van der Waals surface area contributed by atoms with Crippen LogP contribution in [0.25, 0.3) is 0 Å². The van der Waals surface area contributed by atoms with E-state index in [1.165, 1.54) is 10.4 Å². The van der Waals surface area contributed by atoms with Crippen LogP contribution in [0.15, 0.2) is 48.5 Å². The summed E-state index contributed by atoms with van der Waals surface area (Å²) in [5, 5.41) is 11.6. The predicted octanol–water partition coefficient (Wildman–Crippen LogP) is 2.63. The van der Waals surface area contributed by atoms with Crippen LogP contribution >= 0.6 is 11.6 Å². The number of carbonyl (C=O) groups is 4. The van der Waals surface area contributed by atoms with Gasteiger partial charge in [-0.3, -0.25) is 19.6 Å². The first-order chi connectivity index (χ1) is 15.7. The van der Waals surface area contributed by atoms with Gasteiger partial charge in [0, 0.05) is 24.5 Å². The molecule has 1 aliphatic rings. The van der Waals surface area contributed by atoms with Crippen LogP contribution in [0.2, 0.25) is 5.02 Å². The van der Waals surface area contributed by atoms with Crippen LogP contribution in [-0.4, -0.2) is 46.4 Å². The zero-order valence-electron chi connectivity index (χ0n) is 18.2. The van der Waals surface area contributed by atoms with Gasteiger partial charge in [0.1, 0.15) is 6.04 Å². The number of hydrogen-bond donors (Lipinski definition) is 3. The minimum atomic E-state index is -1.04. The summed E-state index contributed by atoms with van der Waals surface area (Å²) in [7, 11) is 0. The van der Waals surface area contributed by atoms with Crippen molar-refractivity contribution in [3.05, 3.63) is 64.7 Å². The van der Waals surface area contributed by atoms with Crippen molar-refractivity contribution < 1.29 is 24.4 Å². The van der Waals surface area contributed by atoms with E-state index in [1.54, 1.807) is 31.2 Å². The lowest BCUT2D eigenvalue weighted by molar-refractivity contribution is -0.132. The van der Waals surface area contributed by atoms with E-state index in [1.807, 2.05) is 31.2 Å². The van der Waals surface area contributed by atoms with Crippen molar-refractivity contribution in [2.24, 2.45) is 5.92 Å². The molecule has 10 heteroatoms. The van der Waals surface area contributed by atoms with Crippen LogP contribution in [-0.2, 0) is 20.9 Å². The summed E-state index contributed by atoms with van der Waals surface area (Å²) in [6.07, 6.45) is -0.128. The fraction of sp³-hybridized carbons (Fsp3) is 0.304. The summed E-state index contributed by atoms with van der Waals surface area (Å²) in [5.41, 5.74) is 3.72. The largest absolute Gasteiger partial charge is 0.355 e. The number of nitrogens with one attached hydrogen (secondary N) is 2. The van der Waals surface area contributed by atoms with Gasteiger partial charge in [-0.05, 0) is 36.8 Å². The normalized spacial score (nSPS) is 16.7. The first-order valence-electron chi connectivity index (χ1n) is 10.4. The van der Waals surface area contributed by atoms with E-state index in [0.717, 1.165) is 16.0 Å². The standard InChI is InChI=1S/C23H25ClN4O5/c1-14-3-5-16(6-4-14)13-27-20(15(2)21(30)25-12-11-19(29)26-33)22(31)28(23(27)32)18-9-7-17(24)8-10-18/h3-10,15,20,33H,11-13H2,1-2H3,(H,25,30)(H,26,29). The van der Waals surface area contributed by atoms with Crippen molar-refractivity contribution in [1.29, 1.82) is 0 Å². The van der Waals surface area contributed by atoms with Gasteiger partial charge in [0.25, 0.3) is 5.91 Å². The number of carbonyl (C=O) groups excluding carboxylic acids is 4. The second kappa shape index (κ2) is 10.5. The van der Waals surface area contributed by atoms with Gasteiger partial charge in [-0.1, -0.05) is 48.4 Å². The summed E-state index contributed by atoms with van der Waals surface area (Å²) in [6, 6.07) is 12.3. The average Bonchev–Trinajstić information content (AvgIpc) is 3.04. The van der Waals surface area contributed by atoms with Crippen molar-refractivity contribution in [1.82, 2.24) is 15.7 Å². The van der Waals surface area contributed by atoms with Gasteiger partial charge in [-0.2, -0.15) is 0 Å². The van der Waals surface area contributed by atoms with E-state index in [0.29, 0.717) is 10.7 Å². The highest BCUT2D eigenvalue weighted by Gasteiger charge is 2.49. The summed E-state index contributed by atoms with van der Waals surface area (Å²) in [5.74, 6) is -2.55. The molecule has 0 saturated carbocycles. The summed E-state index contributed by atoms with van der Waals surface area (Å²) in [6.45, 7) is 3.63. The number of aryl methyl sites for hydroxylation is 1. The van der Waals surface area contributed by atoms with Crippen molar-refractivity contribution in [2.75, 3.05) is 11.4 Å². The number of rotatable bonds is 8. The lowest BCUT2D eigenvalue weighted by Gasteiger charge is -2.26. The Labute approximate surface area is 196 Å². The maximum absolute atomic E-state index is 13.4. The molecule has 1 fully saturated rings. The molecule has 0 aliphatic carbocycles. The Morgan fingerprint density at radius 3 is 2.33 bits per heavy atom. The maximum Gasteiger partial charge on any atom is 0.332 e. The summed E-state index contributed by atoms with van der Waals surface area (Å²) < 4.78 is 0. The number of amides is 5. The molecule has 33 heavy (non-hydrogen) atoms. The monoisotopic (exact) mass is 472 g/mol. The molecule has 3 N–H and O–H groups in total. The topological polar surface area (TPSA) is 119 Å². The van der Waals surface area contributed by atoms with Crippen molar-refractivity contribution in [3.8, 4) is 0 Å². The molecule has 0 spiro atoms. The van der Waals surface area contributed by atoms with Crippen LogP contribution in [0, 0.1) is 12.8 Å². The number of hydrogen-bond acceptors (Lipinski definition) is 5. The van der Waals surface area contributed by atoms with Crippen molar-refractivity contribution in [3.63, 3.8) is 0 Å². The number of halogens is 1. The van der Waals surface area contributed by atoms with E-state index in [4.69, 9.17) is 16.8 Å². The van der Waals surface area contributed by atoms with Crippen LogP contribution in [0.3, 0.4) is 0 Å². The average molecular weight is 473 g/mol. The van der Waals surface area contributed by atoms with E-state index in [2.05, 4.69) is 5.32 Å². The molecular weight excluding hydrogens is 448 g/mol. The summed E-state index contributed by atoms with van der Waals surface area (Å²) >= 11 is 5.95. The molecule has 2 aromatic carbocycles. The quantitative estimate of drug-likeness (QED) is 0.310. The van der Waals surface area contributed by atoms with Crippen LogP contribution < -0.4 is 15.7 Å². The first-order valence-corrected chi connectivity index (χ1v) is 10.8. The second-order valence-electron chi connectivity index (χ2n) is 7.86. The minimum absolute atomic E-state index is 0.0245. The maximum atomic E-state index is 13.4. The fourth-order valence-corrected chi connectivity index (χ4v) is 3.76. The van der Waals surface area contributed by atoms with E-state index in [9.17, 15) is 19.2 Å². The fourth-order valence-electron chi connectivity index (χ4n) is 3.63. The van der Waals surface area contributed by atoms with Crippen LogP contribution in [0.1, 0.15) is 24.5 Å². The Bertz CT molecular complexity index is 1040.